The fraction of sp³-hybridized carbons (Fsp3) is 0.250. The van der Waals surface area contributed by atoms with E-state index in [9.17, 15) is 14.4 Å². The van der Waals surface area contributed by atoms with Crippen LogP contribution in [0.25, 0.3) is 9.65 Å². The van der Waals surface area contributed by atoms with Crippen LogP contribution in [-0.4, -0.2) is 36.8 Å². The molecule has 94 valence electrons. The van der Waals surface area contributed by atoms with Gasteiger partial charge in [-0.1, -0.05) is 0 Å². The van der Waals surface area contributed by atoms with Gasteiger partial charge in [-0.25, -0.2) is 0 Å². The summed E-state index contributed by atoms with van der Waals surface area (Å²) in [6.45, 7) is 1.90. The molecule has 0 saturated heterocycles. The van der Waals surface area contributed by atoms with Gasteiger partial charge in [-0.3, -0.25) is 0 Å². The molecule has 0 spiro atoms. The first kappa shape index (κ1) is 12.8. The monoisotopic (exact) mass is 313 g/mol. The number of nitrogens with zero attached hydrogens (tertiary/aromatic N) is 1. The number of aromatic nitrogens is 1. The van der Waals surface area contributed by atoms with Gasteiger partial charge in [0.1, 0.15) is 0 Å². The fourth-order valence-corrected chi connectivity index (χ4v) is 3.51. The maximum absolute atomic E-state index is 11.9. The molecule has 0 atom stereocenters. The standard InChI is InChI=1S/C12H11NO4Se/c1-2-17-11(15)7-10(14)13-12(16)8-5-3-4-6-9(8)18-13/h3-6H,2,7H2,1H3. The summed E-state index contributed by atoms with van der Waals surface area (Å²) >= 11 is -0.378. The Balaban J connectivity index is 2.31. The predicted octanol–water partition coefficient (Wildman–Crippen LogP) is 0.652. The molecule has 6 heteroatoms. The number of benzene rings is 1. The number of hydrogen-bond donors (Lipinski definition) is 0. The molecule has 0 N–H and O–H groups in total. The summed E-state index contributed by atoms with van der Waals surface area (Å²) in [6, 6.07) is 7.10. The van der Waals surface area contributed by atoms with Crippen molar-refractivity contribution in [2.75, 3.05) is 6.61 Å². The summed E-state index contributed by atoms with van der Waals surface area (Å²) in [5.41, 5.74) is -0.320. The fourth-order valence-electron chi connectivity index (χ4n) is 1.54. The Kier molecular flexibility index (Phi) is 3.79. The van der Waals surface area contributed by atoms with Crippen LogP contribution in [0.15, 0.2) is 29.1 Å². The molecule has 2 rings (SSSR count). The van der Waals surface area contributed by atoms with Crippen LogP contribution >= 0.6 is 0 Å². The van der Waals surface area contributed by atoms with Crippen LogP contribution in [0.1, 0.15) is 18.1 Å². The number of fused-ring (bicyclic) bond motifs is 1. The SMILES string of the molecule is CCOC(=O)CC(=O)n1[se]c2ccccc2c1=O. The van der Waals surface area contributed by atoms with E-state index in [1.54, 1.807) is 19.1 Å². The normalized spacial score (nSPS) is 10.5. The molecule has 0 aliphatic rings. The maximum atomic E-state index is 11.9. The number of carbonyl (C=O) groups is 2. The molecule has 0 saturated carbocycles. The zero-order chi connectivity index (χ0) is 13.1. The molecule has 0 aliphatic carbocycles. The molecule has 0 aliphatic heterocycles. The topological polar surface area (TPSA) is 65.4 Å². The van der Waals surface area contributed by atoms with E-state index in [4.69, 9.17) is 4.74 Å². The van der Waals surface area contributed by atoms with Gasteiger partial charge in [-0.15, -0.1) is 0 Å². The Hall–Kier alpha value is -1.65. The van der Waals surface area contributed by atoms with Gasteiger partial charge in [0.2, 0.25) is 0 Å². The molecule has 1 aromatic heterocycles. The summed E-state index contributed by atoms with van der Waals surface area (Å²) < 4.78 is 6.71. The zero-order valence-corrected chi connectivity index (χ0v) is 11.4. The van der Waals surface area contributed by atoms with Crippen LogP contribution in [0, 0.1) is 0 Å². The first-order valence-corrected chi connectivity index (χ1v) is 7.05. The molecular formula is C12H11NO4Se. The van der Waals surface area contributed by atoms with E-state index in [0.29, 0.717) is 5.39 Å². The van der Waals surface area contributed by atoms with Crippen molar-refractivity contribution < 1.29 is 14.3 Å². The average molecular weight is 312 g/mol. The first-order chi connectivity index (χ1) is 8.63. The zero-order valence-electron chi connectivity index (χ0n) is 9.71. The summed E-state index contributed by atoms with van der Waals surface area (Å²) in [6.07, 6.45) is -0.380. The third kappa shape index (κ3) is 2.44. The summed E-state index contributed by atoms with van der Waals surface area (Å²) in [5.74, 6) is -1.09. The molecule has 1 aromatic carbocycles. The third-order valence-electron chi connectivity index (χ3n) is 2.32. The Morgan fingerprint density at radius 1 is 1.33 bits per heavy atom. The molecule has 0 unspecified atom stereocenters. The molecular weight excluding hydrogens is 301 g/mol. The number of ether oxygens (including phenoxy) is 1. The van der Waals surface area contributed by atoms with Gasteiger partial charge in [0.25, 0.3) is 0 Å². The molecule has 0 fully saturated rings. The van der Waals surface area contributed by atoms with Gasteiger partial charge in [0.15, 0.2) is 0 Å². The molecule has 1 heterocycles. The van der Waals surface area contributed by atoms with Crippen molar-refractivity contribution in [2.24, 2.45) is 0 Å². The second-order valence-corrected chi connectivity index (χ2v) is 5.63. The van der Waals surface area contributed by atoms with Gasteiger partial charge in [-0.2, -0.15) is 0 Å². The van der Waals surface area contributed by atoms with Crippen molar-refractivity contribution in [2.45, 2.75) is 13.3 Å². The predicted molar refractivity (Wildman–Crippen MR) is 67.0 cm³/mol. The van der Waals surface area contributed by atoms with Crippen molar-refractivity contribution in [1.29, 1.82) is 0 Å². The first-order valence-electron chi connectivity index (χ1n) is 5.43. The van der Waals surface area contributed by atoms with Gasteiger partial charge >= 0.3 is 109 Å². The van der Waals surface area contributed by atoms with Crippen LogP contribution < -0.4 is 5.56 Å². The minimum absolute atomic E-state index is 0.228. The summed E-state index contributed by atoms with van der Waals surface area (Å²) in [4.78, 5) is 35.0. The Labute approximate surface area is 109 Å². The van der Waals surface area contributed by atoms with Crippen LogP contribution in [0.5, 0.6) is 0 Å². The van der Waals surface area contributed by atoms with E-state index in [1.165, 1.54) is 0 Å². The van der Waals surface area contributed by atoms with Gasteiger partial charge in [0.05, 0.1) is 0 Å². The second kappa shape index (κ2) is 5.33. The summed E-state index contributed by atoms with van der Waals surface area (Å²) in [7, 11) is 0. The van der Waals surface area contributed by atoms with E-state index in [-0.39, 0.29) is 33.3 Å². The molecule has 0 amide bonds. The number of carbonyl (C=O) groups excluding carboxylic acids is 2. The Morgan fingerprint density at radius 3 is 2.72 bits per heavy atom. The second-order valence-electron chi connectivity index (χ2n) is 3.56. The molecule has 18 heavy (non-hydrogen) atoms. The van der Waals surface area contributed by atoms with Crippen molar-refractivity contribution >= 4 is 36.3 Å². The van der Waals surface area contributed by atoms with Crippen molar-refractivity contribution in [1.82, 2.24) is 3.56 Å². The van der Waals surface area contributed by atoms with Crippen molar-refractivity contribution in [3.63, 3.8) is 0 Å². The van der Waals surface area contributed by atoms with Crippen LogP contribution in [-0.2, 0) is 9.53 Å². The van der Waals surface area contributed by atoms with E-state index in [2.05, 4.69) is 0 Å². The minimum atomic E-state index is -0.595. The molecule has 0 bridgehead atoms. The van der Waals surface area contributed by atoms with Gasteiger partial charge in [-0.05, 0) is 0 Å². The molecule has 0 radical (unpaired) electrons. The van der Waals surface area contributed by atoms with Crippen molar-refractivity contribution in [3.8, 4) is 0 Å². The van der Waals surface area contributed by atoms with Crippen LogP contribution in [0.4, 0.5) is 0 Å². The Morgan fingerprint density at radius 2 is 2.06 bits per heavy atom. The van der Waals surface area contributed by atoms with Crippen molar-refractivity contribution in [3.05, 3.63) is 34.6 Å². The van der Waals surface area contributed by atoms with Crippen LogP contribution in [0.3, 0.4) is 0 Å². The van der Waals surface area contributed by atoms with E-state index < -0.39 is 11.9 Å². The summed E-state index contributed by atoms with van der Waals surface area (Å²) in [5, 5.41) is 0.551. The molecule has 2 aromatic rings. The number of rotatable bonds is 3. The van der Waals surface area contributed by atoms with Gasteiger partial charge in [0, 0.05) is 0 Å². The van der Waals surface area contributed by atoms with Crippen LogP contribution in [0.2, 0.25) is 0 Å². The number of esters is 1. The number of hydrogen-bond acceptors (Lipinski definition) is 4. The molecule has 5 nitrogen and oxygen atoms in total. The van der Waals surface area contributed by atoms with E-state index in [0.717, 1.165) is 7.82 Å². The van der Waals surface area contributed by atoms with Gasteiger partial charge < -0.3 is 0 Å². The van der Waals surface area contributed by atoms with E-state index >= 15 is 0 Å². The van der Waals surface area contributed by atoms with E-state index in [1.807, 2.05) is 12.1 Å². The third-order valence-corrected chi connectivity index (χ3v) is 4.64. The average Bonchev–Trinajstić information content (AvgIpc) is 2.68. The Bertz CT molecular complexity index is 655. The quantitative estimate of drug-likeness (QED) is 0.474.